The summed E-state index contributed by atoms with van der Waals surface area (Å²) < 4.78 is 39.9. The predicted molar refractivity (Wildman–Crippen MR) is 74.3 cm³/mol. The molecule has 0 unspecified atom stereocenters. The van der Waals surface area contributed by atoms with Crippen LogP contribution in [0.4, 0.5) is 24.7 Å². The Morgan fingerprint density at radius 2 is 1.76 bits per heavy atom. The van der Waals surface area contributed by atoms with Crippen LogP contribution in [0.15, 0.2) is 36.7 Å². The molecule has 9 heteroatoms. The van der Waals surface area contributed by atoms with E-state index in [2.05, 4.69) is 20.0 Å². The van der Waals surface area contributed by atoms with Crippen LogP contribution in [0.1, 0.15) is 5.69 Å². The lowest BCUT2D eigenvalue weighted by Crippen LogP contribution is -2.17. The van der Waals surface area contributed by atoms with Crippen LogP contribution in [0.2, 0.25) is 0 Å². The first-order valence-electron chi connectivity index (χ1n) is 5.59. The Morgan fingerprint density at radius 3 is 2.33 bits per heavy atom. The van der Waals surface area contributed by atoms with E-state index in [1.165, 1.54) is 36.7 Å². The molecule has 1 aromatic carbocycles. The predicted octanol–water partition coefficient (Wildman–Crippen LogP) is 2.75. The Labute approximate surface area is 123 Å². The highest BCUT2D eigenvalue weighted by Crippen LogP contribution is 2.25. The molecule has 3 N–H and O–H groups in total. The van der Waals surface area contributed by atoms with E-state index in [-0.39, 0.29) is 10.7 Å². The highest BCUT2D eigenvalue weighted by molar-refractivity contribution is 7.80. The lowest BCUT2D eigenvalue weighted by Gasteiger charge is -2.11. The number of hydrogen-bond acceptors (Lipinski definition) is 5. The summed E-state index contributed by atoms with van der Waals surface area (Å²) in [5.74, 6) is -0.00347. The standard InChI is InChI=1S/C12H9F3N4OS/c13-12(14,15)20-8-3-1-7(2-4-8)19-11-9(10(16)21)17-5-6-18-11/h1-6H,(H2,16,21)(H,18,19). The average Bonchev–Trinajstić information content (AvgIpc) is 2.40. The van der Waals surface area contributed by atoms with Gasteiger partial charge in [-0.2, -0.15) is 0 Å². The molecule has 2 aromatic rings. The fourth-order valence-electron chi connectivity index (χ4n) is 1.49. The minimum atomic E-state index is -4.72. The van der Waals surface area contributed by atoms with Gasteiger partial charge in [0.1, 0.15) is 16.4 Å². The minimum Gasteiger partial charge on any atom is -0.406 e. The number of anilines is 2. The molecule has 0 bridgehead atoms. The fraction of sp³-hybridized carbons (Fsp3) is 0.0833. The number of hydrogen-bond donors (Lipinski definition) is 2. The molecule has 0 aliphatic carbocycles. The molecule has 21 heavy (non-hydrogen) atoms. The average molecular weight is 314 g/mol. The summed E-state index contributed by atoms with van der Waals surface area (Å²) >= 11 is 4.84. The van der Waals surface area contributed by atoms with Gasteiger partial charge < -0.3 is 15.8 Å². The Kier molecular flexibility index (Phi) is 4.22. The normalized spacial score (nSPS) is 11.0. The van der Waals surface area contributed by atoms with E-state index in [9.17, 15) is 13.2 Å². The first kappa shape index (κ1) is 15.0. The fourth-order valence-corrected chi connectivity index (χ4v) is 1.64. The molecule has 0 atom stereocenters. The number of nitrogens with two attached hydrogens (primary N) is 1. The molecular formula is C12H9F3N4OS. The van der Waals surface area contributed by atoms with Crippen LogP contribution in [0, 0.1) is 0 Å². The monoisotopic (exact) mass is 314 g/mol. The highest BCUT2D eigenvalue weighted by Gasteiger charge is 2.30. The summed E-state index contributed by atoms with van der Waals surface area (Å²) in [5.41, 5.74) is 6.29. The second-order valence-electron chi connectivity index (χ2n) is 3.81. The lowest BCUT2D eigenvalue weighted by atomic mass is 10.3. The van der Waals surface area contributed by atoms with Crippen molar-refractivity contribution in [3.63, 3.8) is 0 Å². The van der Waals surface area contributed by atoms with E-state index in [1.807, 2.05) is 0 Å². The van der Waals surface area contributed by atoms with E-state index < -0.39 is 6.36 Å². The number of thiocarbonyl (C=S) groups is 1. The van der Waals surface area contributed by atoms with Crippen molar-refractivity contribution in [3.05, 3.63) is 42.4 Å². The van der Waals surface area contributed by atoms with E-state index in [4.69, 9.17) is 18.0 Å². The lowest BCUT2D eigenvalue weighted by molar-refractivity contribution is -0.274. The van der Waals surface area contributed by atoms with Gasteiger partial charge in [0.25, 0.3) is 0 Å². The molecule has 0 aliphatic heterocycles. The van der Waals surface area contributed by atoms with Crippen LogP contribution in [0.5, 0.6) is 5.75 Å². The Morgan fingerprint density at radius 1 is 1.14 bits per heavy atom. The zero-order valence-corrected chi connectivity index (χ0v) is 11.2. The minimum absolute atomic E-state index is 0.0580. The maximum atomic E-state index is 12.0. The molecule has 5 nitrogen and oxygen atoms in total. The summed E-state index contributed by atoms with van der Waals surface area (Å²) in [6.07, 6.45) is -1.86. The summed E-state index contributed by atoms with van der Waals surface area (Å²) in [4.78, 5) is 8.06. The molecule has 0 aliphatic rings. The van der Waals surface area contributed by atoms with E-state index in [0.717, 1.165) is 0 Å². The molecular weight excluding hydrogens is 305 g/mol. The largest absolute Gasteiger partial charge is 0.573 e. The van der Waals surface area contributed by atoms with E-state index >= 15 is 0 Å². The van der Waals surface area contributed by atoms with Gasteiger partial charge in [-0.15, -0.1) is 13.2 Å². The van der Waals surface area contributed by atoms with Gasteiger partial charge >= 0.3 is 6.36 Å². The van der Waals surface area contributed by atoms with Crippen LogP contribution in [-0.4, -0.2) is 21.3 Å². The number of halogens is 3. The second kappa shape index (κ2) is 5.92. The zero-order chi connectivity index (χ0) is 15.5. The third-order valence-electron chi connectivity index (χ3n) is 2.28. The number of rotatable bonds is 4. The number of alkyl halides is 3. The SMILES string of the molecule is NC(=S)c1nccnc1Nc1ccc(OC(F)(F)F)cc1. The first-order valence-corrected chi connectivity index (χ1v) is 5.99. The van der Waals surface area contributed by atoms with Crippen molar-refractivity contribution in [3.8, 4) is 5.75 Å². The summed E-state index contributed by atoms with van der Waals surface area (Å²) in [7, 11) is 0. The molecule has 0 saturated carbocycles. The van der Waals surface area contributed by atoms with Crippen molar-refractivity contribution in [2.24, 2.45) is 5.73 Å². The smallest absolute Gasteiger partial charge is 0.406 e. The van der Waals surface area contributed by atoms with Crippen LogP contribution in [-0.2, 0) is 0 Å². The molecule has 1 aromatic heterocycles. The van der Waals surface area contributed by atoms with Crippen molar-refractivity contribution in [2.75, 3.05) is 5.32 Å². The highest BCUT2D eigenvalue weighted by atomic mass is 32.1. The van der Waals surface area contributed by atoms with Gasteiger partial charge in [0.15, 0.2) is 5.82 Å². The van der Waals surface area contributed by atoms with E-state index in [1.54, 1.807) is 0 Å². The van der Waals surface area contributed by atoms with Gasteiger partial charge in [0, 0.05) is 18.1 Å². The van der Waals surface area contributed by atoms with Crippen LogP contribution in [0.3, 0.4) is 0 Å². The topological polar surface area (TPSA) is 73.1 Å². The number of aromatic nitrogens is 2. The first-order chi connectivity index (χ1) is 9.85. The van der Waals surface area contributed by atoms with Gasteiger partial charge in [-0.3, -0.25) is 0 Å². The number of benzene rings is 1. The van der Waals surface area contributed by atoms with Crippen LogP contribution in [0.25, 0.3) is 0 Å². The van der Waals surface area contributed by atoms with Gasteiger partial charge in [-0.05, 0) is 24.3 Å². The number of ether oxygens (including phenoxy) is 1. The quantitative estimate of drug-likeness (QED) is 0.846. The van der Waals surface area contributed by atoms with Crippen LogP contribution < -0.4 is 15.8 Å². The third kappa shape index (κ3) is 4.28. The zero-order valence-electron chi connectivity index (χ0n) is 10.4. The number of nitrogens with one attached hydrogen (secondary N) is 1. The number of nitrogens with zero attached hydrogens (tertiary/aromatic N) is 2. The Balaban J connectivity index is 2.16. The van der Waals surface area contributed by atoms with Crippen molar-refractivity contribution in [1.29, 1.82) is 0 Å². The summed E-state index contributed by atoms with van der Waals surface area (Å²) in [6.45, 7) is 0. The summed E-state index contributed by atoms with van der Waals surface area (Å²) in [5, 5.41) is 2.87. The van der Waals surface area contributed by atoms with Crippen molar-refractivity contribution < 1.29 is 17.9 Å². The molecule has 0 saturated heterocycles. The van der Waals surface area contributed by atoms with Crippen molar-refractivity contribution in [1.82, 2.24) is 9.97 Å². The van der Waals surface area contributed by atoms with Crippen molar-refractivity contribution in [2.45, 2.75) is 6.36 Å². The maximum Gasteiger partial charge on any atom is 0.573 e. The second-order valence-corrected chi connectivity index (χ2v) is 4.25. The van der Waals surface area contributed by atoms with Gasteiger partial charge in [-0.25, -0.2) is 9.97 Å². The molecule has 2 rings (SSSR count). The van der Waals surface area contributed by atoms with E-state index in [0.29, 0.717) is 17.2 Å². The molecule has 1 heterocycles. The summed E-state index contributed by atoms with van der Waals surface area (Å²) in [6, 6.07) is 5.15. The molecule has 0 spiro atoms. The maximum absolute atomic E-state index is 12.0. The molecule has 0 amide bonds. The Hall–Kier alpha value is -2.42. The molecule has 110 valence electrons. The van der Waals surface area contributed by atoms with Gasteiger partial charge in [-0.1, -0.05) is 12.2 Å². The van der Waals surface area contributed by atoms with Gasteiger partial charge in [0.2, 0.25) is 0 Å². The third-order valence-corrected chi connectivity index (χ3v) is 2.48. The van der Waals surface area contributed by atoms with Gasteiger partial charge in [0.05, 0.1) is 0 Å². The molecule has 0 radical (unpaired) electrons. The van der Waals surface area contributed by atoms with Crippen LogP contribution >= 0.6 is 12.2 Å². The Bertz CT molecular complexity index is 646. The van der Waals surface area contributed by atoms with Crippen molar-refractivity contribution >= 4 is 28.7 Å². The molecule has 0 fully saturated rings.